The van der Waals surface area contributed by atoms with Gasteiger partial charge in [0, 0.05) is 0 Å². The summed E-state index contributed by atoms with van der Waals surface area (Å²) in [6.45, 7) is 6.42. The van der Waals surface area contributed by atoms with Crippen LogP contribution in [-0.4, -0.2) is 21.5 Å². The van der Waals surface area contributed by atoms with E-state index in [4.69, 9.17) is 0 Å². The maximum Gasteiger partial charge on any atom is -1.00 e. The number of hydrogen-bond donors (Lipinski definition) is 0. The summed E-state index contributed by atoms with van der Waals surface area (Å²) in [5.41, 5.74) is 3.91. The molecule has 0 amide bonds. The smallest absolute Gasteiger partial charge is 1.00 e. The van der Waals surface area contributed by atoms with Gasteiger partial charge in [0.1, 0.15) is 0 Å². The van der Waals surface area contributed by atoms with Crippen molar-refractivity contribution < 1.29 is 28.5 Å². The van der Waals surface area contributed by atoms with Crippen LogP contribution in [0.5, 0.6) is 0 Å². The standard InChI is InChI=1S/C23H23N2Se.HI/c1-3-24-19(17-16-18-10-5-6-12-20(18)24)11-9-15-23-25(4-2)21-13-7-8-14-22(21)26-23;/h5-17H,3-4H2,1-2H3;1H/q+1;/p-1. The van der Waals surface area contributed by atoms with Gasteiger partial charge < -0.3 is 24.0 Å². The fraction of sp³-hybridized carbons (Fsp3) is 0.174. The summed E-state index contributed by atoms with van der Waals surface area (Å²) in [6.07, 6.45) is 6.73. The number of pyridine rings is 1. The Kier molecular flexibility index (Phi) is 6.74. The molecule has 0 spiro atoms. The molecule has 4 rings (SSSR count). The molecule has 27 heavy (non-hydrogen) atoms. The average Bonchev–Trinajstić information content (AvgIpc) is 3.05. The number of hydrogen-bond acceptors (Lipinski definition) is 1. The zero-order valence-corrected chi connectivity index (χ0v) is 19.5. The Labute approximate surface area is 184 Å². The molecule has 138 valence electrons. The maximum absolute atomic E-state index is 2.44. The molecule has 0 aliphatic carbocycles. The van der Waals surface area contributed by atoms with Crippen LogP contribution in [0.3, 0.4) is 0 Å². The van der Waals surface area contributed by atoms with Crippen molar-refractivity contribution in [2.24, 2.45) is 0 Å². The van der Waals surface area contributed by atoms with Crippen LogP contribution in [0.25, 0.3) is 17.0 Å². The second-order valence-electron chi connectivity index (χ2n) is 6.24. The van der Waals surface area contributed by atoms with E-state index in [-0.39, 0.29) is 24.0 Å². The zero-order chi connectivity index (χ0) is 17.9. The van der Waals surface area contributed by atoms with Crippen molar-refractivity contribution in [3.8, 4) is 0 Å². The van der Waals surface area contributed by atoms with E-state index < -0.39 is 0 Å². The molecule has 1 aromatic heterocycles. The van der Waals surface area contributed by atoms with Crippen LogP contribution in [0, 0.1) is 0 Å². The zero-order valence-electron chi connectivity index (χ0n) is 15.6. The quantitative estimate of drug-likeness (QED) is 0.275. The first-order chi connectivity index (χ1) is 12.8. The Balaban J connectivity index is 0.00000210. The summed E-state index contributed by atoms with van der Waals surface area (Å²) in [5, 5.41) is 1.29. The van der Waals surface area contributed by atoms with Gasteiger partial charge in [-0.1, -0.05) is 0 Å². The van der Waals surface area contributed by atoms with Crippen molar-refractivity contribution in [3.05, 3.63) is 83.1 Å². The summed E-state index contributed by atoms with van der Waals surface area (Å²) in [5.74, 6) is 0. The van der Waals surface area contributed by atoms with Crippen LogP contribution in [0.2, 0.25) is 0 Å². The van der Waals surface area contributed by atoms with E-state index >= 15 is 0 Å². The van der Waals surface area contributed by atoms with Crippen molar-refractivity contribution in [1.82, 2.24) is 0 Å². The third-order valence-electron chi connectivity index (χ3n) is 4.75. The largest absolute Gasteiger partial charge is 1.00 e. The third-order valence-corrected chi connectivity index (χ3v) is 7.12. The van der Waals surface area contributed by atoms with Crippen LogP contribution in [0.4, 0.5) is 5.69 Å². The van der Waals surface area contributed by atoms with Gasteiger partial charge in [-0.2, -0.15) is 0 Å². The Morgan fingerprint density at radius 2 is 1.74 bits per heavy atom. The van der Waals surface area contributed by atoms with Gasteiger partial charge in [-0.3, -0.25) is 0 Å². The summed E-state index contributed by atoms with van der Waals surface area (Å²) < 4.78 is 5.29. The summed E-state index contributed by atoms with van der Waals surface area (Å²) in [6, 6.07) is 21.8. The Hall–Kier alpha value is -1.62. The minimum Gasteiger partial charge on any atom is -1.00 e. The topological polar surface area (TPSA) is 7.12 Å². The first kappa shape index (κ1) is 20.1. The first-order valence-corrected chi connectivity index (χ1v) is 10.9. The van der Waals surface area contributed by atoms with Crippen molar-refractivity contribution >= 4 is 42.1 Å². The number of aromatic nitrogens is 1. The minimum absolute atomic E-state index is 0. The van der Waals surface area contributed by atoms with Gasteiger partial charge >= 0.3 is 162 Å². The van der Waals surface area contributed by atoms with Crippen LogP contribution in [0.1, 0.15) is 19.5 Å². The second-order valence-corrected chi connectivity index (χ2v) is 8.47. The number of allylic oxidation sites excluding steroid dienone is 2. The summed E-state index contributed by atoms with van der Waals surface area (Å²) >= 11 is 0.390. The maximum atomic E-state index is 2.44. The number of fused-ring (bicyclic) bond motifs is 2. The minimum atomic E-state index is 0. The van der Waals surface area contributed by atoms with E-state index in [0.717, 1.165) is 13.1 Å². The Morgan fingerprint density at radius 1 is 0.963 bits per heavy atom. The van der Waals surface area contributed by atoms with Crippen LogP contribution < -0.4 is 37.9 Å². The third kappa shape index (κ3) is 3.98. The van der Waals surface area contributed by atoms with Gasteiger partial charge in [0.2, 0.25) is 0 Å². The van der Waals surface area contributed by atoms with E-state index in [1.54, 1.807) is 0 Å². The number of benzene rings is 2. The molecular weight excluding hydrogens is 510 g/mol. The predicted octanol–water partition coefficient (Wildman–Crippen LogP) is 0.875. The first-order valence-electron chi connectivity index (χ1n) is 9.16. The number of aryl methyl sites for hydroxylation is 1. The Morgan fingerprint density at radius 3 is 2.56 bits per heavy atom. The monoisotopic (exact) mass is 534 g/mol. The van der Waals surface area contributed by atoms with Crippen molar-refractivity contribution in [2.45, 2.75) is 20.4 Å². The van der Waals surface area contributed by atoms with Gasteiger partial charge in [-0.25, -0.2) is 0 Å². The normalized spacial score (nSPS) is 14.7. The van der Waals surface area contributed by atoms with Gasteiger partial charge in [0.15, 0.2) is 0 Å². The van der Waals surface area contributed by atoms with E-state index in [9.17, 15) is 0 Å². The van der Waals surface area contributed by atoms with E-state index in [1.807, 2.05) is 0 Å². The summed E-state index contributed by atoms with van der Waals surface area (Å²) in [7, 11) is 0. The molecule has 3 aromatic rings. The van der Waals surface area contributed by atoms with Gasteiger partial charge in [0.25, 0.3) is 0 Å². The van der Waals surface area contributed by atoms with Crippen LogP contribution >= 0.6 is 0 Å². The van der Waals surface area contributed by atoms with Gasteiger partial charge in [0.05, 0.1) is 0 Å². The van der Waals surface area contributed by atoms with Gasteiger partial charge in [-0.05, 0) is 0 Å². The van der Waals surface area contributed by atoms with Crippen LogP contribution in [0.15, 0.2) is 77.4 Å². The molecule has 0 unspecified atom stereocenters. The molecule has 0 atom stereocenters. The molecule has 0 bridgehead atoms. The number of nitrogens with zero attached hydrogens (tertiary/aromatic N) is 2. The fourth-order valence-corrected chi connectivity index (χ4v) is 5.90. The molecule has 2 heterocycles. The SMILES string of the molecule is CCN1/C(=C\C=C\c2ccc3ccccc3[n+]2CC)[Se]c2ccccc21.[I-]. The number of para-hydroxylation sites is 2. The number of rotatable bonds is 4. The predicted molar refractivity (Wildman–Crippen MR) is 112 cm³/mol. The molecule has 0 fully saturated rings. The van der Waals surface area contributed by atoms with Crippen molar-refractivity contribution in [3.63, 3.8) is 0 Å². The number of halogens is 1. The van der Waals surface area contributed by atoms with Crippen molar-refractivity contribution in [2.75, 3.05) is 11.4 Å². The van der Waals surface area contributed by atoms with Gasteiger partial charge in [-0.15, -0.1) is 0 Å². The molecular formula is C23H23IN2Se. The Bertz CT molecular complexity index is 1010. The molecule has 0 saturated carbocycles. The van der Waals surface area contributed by atoms with E-state index in [2.05, 4.69) is 102 Å². The molecule has 2 aromatic carbocycles. The molecule has 1 aliphatic rings. The molecule has 4 heteroatoms. The van der Waals surface area contributed by atoms with E-state index in [1.165, 1.54) is 31.3 Å². The molecule has 2 nitrogen and oxygen atoms in total. The van der Waals surface area contributed by atoms with Crippen molar-refractivity contribution in [1.29, 1.82) is 0 Å². The van der Waals surface area contributed by atoms with Crippen LogP contribution in [-0.2, 0) is 6.54 Å². The number of anilines is 1. The molecule has 0 saturated heterocycles. The second kappa shape index (κ2) is 9.05. The summed E-state index contributed by atoms with van der Waals surface area (Å²) in [4.78, 5) is 2.44. The molecule has 0 N–H and O–H groups in total. The molecule has 0 radical (unpaired) electrons. The molecule has 1 aliphatic heterocycles. The van der Waals surface area contributed by atoms with E-state index in [0.29, 0.717) is 15.0 Å². The average molecular weight is 533 g/mol. The fourth-order valence-electron chi connectivity index (χ4n) is 3.51.